The first kappa shape index (κ1) is 20.5. The highest BCUT2D eigenvalue weighted by atomic mass is 16.2. The second-order valence-electron chi connectivity index (χ2n) is 7.66. The van der Waals surface area contributed by atoms with Crippen molar-refractivity contribution in [2.45, 2.75) is 38.6 Å². The molecule has 7 nitrogen and oxygen atoms in total. The fourth-order valence-corrected chi connectivity index (χ4v) is 3.29. The number of rotatable bonds is 7. The Morgan fingerprint density at radius 2 is 1.90 bits per heavy atom. The van der Waals surface area contributed by atoms with Gasteiger partial charge in [0, 0.05) is 12.7 Å². The average Bonchev–Trinajstić information content (AvgIpc) is 2.93. The molecule has 0 radical (unpaired) electrons. The van der Waals surface area contributed by atoms with E-state index in [2.05, 4.69) is 53.7 Å². The number of aromatic nitrogens is 1. The fraction of sp³-hybridized carbons (Fsp3) is 0.364. The molecular weight excluding hydrogens is 368 g/mol. The van der Waals surface area contributed by atoms with Crippen molar-refractivity contribution in [3.8, 4) is 0 Å². The molecule has 0 saturated carbocycles. The van der Waals surface area contributed by atoms with Crippen molar-refractivity contribution >= 4 is 17.8 Å². The molecule has 2 N–H and O–H groups in total. The number of benzene rings is 1. The van der Waals surface area contributed by atoms with Gasteiger partial charge in [0.2, 0.25) is 5.91 Å². The molecule has 2 heterocycles. The van der Waals surface area contributed by atoms with Crippen LogP contribution in [0.5, 0.6) is 0 Å². The smallest absolute Gasteiger partial charge is 0.325 e. The highest BCUT2D eigenvalue weighted by Crippen LogP contribution is 2.26. The Morgan fingerprint density at radius 1 is 1.17 bits per heavy atom. The molecule has 29 heavy (non-hydrogen) atoms. The van der Waals surface area contributed by atoms with Gasteiger partial charge < -0.3 is 10.6 Å². The van der Waals surface area contributed by atoms with Crippen LogP contribution in [0.15, 0.2) is 48.7 Å². The molecule has 1 unspecified atom stereocenters. The van der Waals surface area contributed by atoms with Gasteiger partial charge in [-0.25, -0.2) is 4.79 Å². The number of carbonyl (C=O) groups excluding carboxylic acids is 3. The first-order valence-corrected chi connectivity index (χ1v) is 9.72. The second-order valence-corrected chi connectivity index (χ2v) is 7.66. The Bertz CT molecular complexity index is 896. The van der Waals surface area contributed by atoms with Crippen LogP contribution >= 0.6 is 0 Å². The second kappa shape index (κ2) is 8.43. The minimum absolute atomic E-state index is 0.320. The summed E-state index contributed by atoms with van der Waals surface area (Å²) in [6.45, 7) is 5.99. The van der Waals surface area contributed by atoms with Crippen molar-refractivity contribution in [1.29, 1.82) is 0 Å². The number of imide groups is 1. The van der Waals surface area contributed by atoms with Gasteiger partial charge in [-0.05, 0) is 42.5 Å². The summed E-state index contributed by atoms with van der Waals surface area (Å²) in [6, 6.07) is 12.8. The Kier molecular flexibility index (Phi) is 5.96. The number of amides is 4. The quantitative estimate of drug-likeness (QED) is 0.705. The standard InChI is InChI=1S/C22H26N4O3/c1-15(2)17-9-7-16(8-10-17)11-13-24-19(27)14-26-20(28)22(3,25-21(26)29)18-6-4-5-12-23-18/h4-10,12,15H,11,13-14H2,1-3H3,(H,24,27)(H,25,29). The van der Waals surface area contributed by atoms with Crippen LogP contribution in [0.4, 0.5) is 4.79 Å². The van der Waals surface area contributed by atoms with E-state index in [9.17, 15) is 14.4 Å². The zero-order valence-corrected chi connectivity index (χ0v) is 16.9. The van der Waals surface area contributed by atoms with Gasteiger partial charge >= 0.3 is 6.03 Å². The molecule has 0 aliphatic carbocycles. The molecule has 1 aliphatic rings. The van der Waals surface area contributed by atoms with Crippen LogP contribution < -0.4 is 10.6 Å². The molecule has 0 spiro atoms. The molecule has 152 valence electrons. The lowest BCUT2D eigenvalue weighted by Gasteiger charge is -2.20. The molecule has 4 amide bonds. The molecule has 1 aliphatic heterocycles. The summed E-state index contributed by atoms with van der Waals surface area (Å²) in [5.74, 6) is -0.386. The Morgan fingerprint density at radius 3 is 2.52 bits per heavy atom. The van der Waals surface area contributed by atoms with Crippen molar-refractivity contribution in [3.63, 3.8) is 0 Å². The van der Waals surface area contributed by atoms with Crippen LogP contribution in [0.25, 0.3) is 0 Å². The molecule has 1 aromatic heterocycles. The van der Waals surface area contributed by atoms with Crippen molar-refractivity contribution in [1.82, 2.24) is 20.5 Å². The molecule has 3 rings (SSSR count). The molecule has 2 aromatic rings. The summed E-state index contributed by atoms with van der Waals surface area (Å²) in [5, 5.41) is 5.42. The van der Waals surface area contributed by atoms with Gasteiger partial charge in [0.25, 0.3) is 5.91 Å². The van der Waals surface area contributed by atoms with Gasteiger partial charge in [0.1, 0.15) is 6.54 Å². The third-order valence-corrected chi connectivity index (χ3v) is 5.14. The summed E-state index contributed by atoms with van der Waals surface area (Å²) in [4.78, 5) is 42.4. The number of urea groups is 1. The third kappa shape index (κ3) is 4.45. The van der Waals surface area contributed by atoms with Crippen molar-refractivity contribution in [2.75, 3.05) is 13.1 Å². The van der Waals surface area contributed by atoms with E-state index in [4.69, 9.17) is 0 Å². The Balaban J connectivity index is 1.54. The number of nitrogens with one attached hydrogen (secondary N) is 2. The van der Waals surface area contributed by atoms with Crippen LogP contribution in [0.1, 0.15) is 43.5 Å². The lowest BCUT2D eigenvalue weighted by molar-refractivity contribution is -0.134. The molecule has 0 bridgehead atoms. The van der Waals surface area contributed by atoms with E-state index in [1.54, 1.807) is 31.3 Å². The minimum atomic E-state index is -1.27. The van der Waals surface area contributed by atoms with E-state index in [-0.39, 0.29) is 12.5 Å². The maximum Gasteiger partial charge on any atom is 0.325 e. The molecule has 1 fully saturated rings. The predicted octanol–water partition coefficient (Wildman–Crippen LogP) is 2.33. The SMILES string of the molecule is CC(C)c1ccc(CCNC(=O)CN2C(=O)NC(C)(c3ccccn3)C2=O)cc1. The molecule has 1 saturated heterocycles. The summed E-state index contributed by atoms with van der Waals surface area (Å²) < 4.78 is 0. The zero-order chi connectivity index (χ0) is 21.0. The lowest BCUT2D eigenvalue weighted by Crippen LogP contribution is -2.43. The first-order valence-electron chi connectivity index (χ1n) is 9.72. The van der Waals surface area contributed by atoms with Crippen LogP contribution in [0.2, 0.25) is 0 Å². The highest BCUT2D eigenvalue weighted by molar-refractivity contribution is 6.08. The van der Waals surface area contributed by atoms with Gasteiger partial charge in [-0.15, -0.1) is 0 Å². The van der Waals surface area contributed by atoms with E-state index in [0.717, 1.165) is 10.5 Å². The number of hydrogen-bond donors (Lipinski definition) is 2. The van der Waals surface area contributed by atoms with Crippen LogP contribution in [-0.2, 0) is 21.5 Å². The summed E-state index contributed by atoms with van der Waals surface area (Å²) in [7, 11) is 0. The lowest BCUT2D eigenvalue weighted by atomic mass is 9.97. The van der Waals surface area contributed by atoms with Crippen molar-refractivity contribution in [2.24, 2.45) is 0 Å². The predicted molar refractivity (Wildman–Crippen MR) is 109 cm³/mol. The van der Waals surface area contributed by atoms with Gasteiger partial charge in [0.05, 0.1) is 5.69 Å². The van der Waals surface area contributed by atoms with Crippen LogP contribution in [-0.4, -0.2) is 40.8 Å². The van der Waals surface area contributed by atoms with E-state index < -0.39 is 17.5 Å². The van der Waals surface area contributed by atoms with E-state index in [1.165, 1.54) is 5.56 Å². The summed E-state index contributed by atoms with van der Waals surface area (Å²) in [5.41, 5.74) is 1.56. The maximum atomic E-state index is 12.8. The van der Waals surface area contributed by atoms with E-state index in [1.807, 2.05) is 0 Å². The van der Waals surface area contributed by atoms with Crippen LogP contribution in [0.3, 0.4) is 0 Å². The molecule has 1 atom stereocenters. The van der Waals surface area contributed by atoms with Gasteiger partial charge in [-0.1, -0.05) is 44.2 Å². The number of pyridine rings is 1. The number of nitrogens with zero attached hydrogens (tertiary/aromatic N) is 2. The fourth-order valence-electron chi connectivity index (χ4n) is 3.29. The Labute approximate surface area is 170 Å². The molecule has 1 aromatic carbocycles. The van der Waals surface area contributed by atoms with Gasteiger partial charge in [0.15, 0.2) is 5.54 Å². The van der Waals surface area contributed by atoms with Crippen molar-refractivity contribution < 1.29 is 14.4 Å². The minimum Gasteiger partial charge on any atom is -0.354 e. The molecule has 7 heteroatoms. The normalized spacial score (nSPS) is 18.8. The van der Waals surface area contributed by atoms with Gasteiger partial charge in [-0.3, -0.25) is 19.5 Å². The number of hydrogen-bond acceptors (Lipinski definition) is 4. The van der Waals surface area contributed by atoms with E-state index >= 15 is 0 Å². The highest BCUT2D eigenvalue weighted by Gasteiger charge is 2.50. The summed E-state index contributed by atoms with van der Waals surface area (Å²) in [6.07, 6.45) is 2.24. The molecular formula is C22H26N4O3. The maximum absolute atomic E-state index is 12.8. The zero-order valence-electron chi connectivity index (χ0n) is 16.9. The Hall–Kier alpha value is -3.22. The third-order valence-electron chi connectivity index (χ3n) is 5.14. The van der Waals surface area contributed by atoms with E-state index in [0.29, 0.717) is 24.6 Å². The van der Waals surface area contributed by atoms with Crippen molar-refractivity contribution in [3.05, 3.63) is 65.5 Å². The summed E-state index contributed by atoms with van der Waals surface area (Å²) >= 11 is 0. The number of carbonyl (C=O) groups is 3. The monoisotopic (exact) mass is 394 g/mol. The van der Waals surface area contributed by atoms with Crippen LogP contribution in [0, 0.1) is 0 Å². The average molecular weight is 394 g/mol. The largest absolute Gasteiger partial charge is 0.354 e. The first-order chi connectivity index (χ1) is 13.8. The topological polar surface area (TPSA) is 91.4 Å². The van der Waals surface area contributed by atoms with Gasteiger partial charge in [-0.2, -0.15) is 0 Å².